The number of rotatable bonds is 5. The first-order valence-corrected chi connectivity index (χ1v) is 5.66. The number of nitrogens with one attached hydrogen (secondary N) is 1. The van der Waals surface area contributed by atoms with Crippen molar-refractivity contribution < 1.29 is 9.47 Å². The number of pyridine rings is 1. The van der Waals surface area contributed by atoms with Gasteiger partial charge in [-0.05, 0) is 17.7 Å². The van der Waals surface area contributed by atoms with E-state index < -0.39 is 6.29 Å². The quantitative estimate of drug-likeness (QED) is 0.474. The van der Waals surface area contributed by atoms with Gasteiger partial charge in [0.15, 0.2) is 6.29 Å². The van der Waals surface area contributed by atoms with E-state index in [1.54, 1.807) is 20.4 Å². The Morgan fingerprint density at radius 1 is 1.22 bits per heavy atom. The molecule has 1 aromatic heterocycles. The number of ether oxygens (including phenoxy) is 2. The molecule has 96 valence electrons. The van der Waals surface area contributed by atoms with Crippen LogP contribution in [0.1, 0.15) is 11.6 Å². The summed E-state index contributed by atoms with van der Waals surface area (Å²) >= 11 is 0. The minimum Gasteiger partial charge on any atom is -0.354 e. The summed E-state index contributed by atoms with van der Waals surface area (Å²) in [5.74, 6) is 5.56. The lowest BCUT2D eigenvalue weighted by molar-refractivity contribution is -0.124. The molecule has 0 aliphatic carbocycles. The third-order valence-electron chi connectivity index (χ3n) is 2.89. The summed E-state index contributed by atoms with van der Waals surface area (Å²) in [6, 6.07) is 9.67. The van der Waals surface area contributed by atoms with Gasteiger partial charge in [0.05, 0.1) is 11.6 Å². The summed E-state index contributed by atoms with van der Waals surface area (Å²) in [7, 11) is 3.15. The smallest absolute Gasteiger partial charge is 0.177 e. The van der Waals surface area contributed by atoms with E-state index in [1.807, 2.05) is 30.3 Å². The predicted octanol–water partition coefficient (Wildman–Crippen LogP) is 1.36. The molecule has 2 rings (SSSR count). The zero-order valence-corrected chi connectivity index (χ0v) is 10.5. The Kier molecular flexibility index (Phi) is 4.22. The van der Waals surface area contributed by atoms with Crippen molar-refractivity contribution in [2.45, 2.75) is 12.3 Å². The summed E-state index contributed by atoms with van der Waals surface area (Å²) < 4.78 is 10.5. The number of hydrogen-bond donors (Lipinski definition) is 2. The maximum Gasteiger partial charge on any atom is 0.177 e. The van der Waals surface area contributed by atoms with Crippen LogP contribution in [0.15, 0.2) is 36.5 Å². The summed E-state index contributed by atoms with van der Waals surface area (Å²) in [6.07, 6.45) is 1.32. The molecule has 1 heterocycles. The lowest BCUT2D eigenvalue weighted by Crippen LogP contribution is -2.38. The van der Waals surface area contributed by atoms with Crippen LogP contribution < -0.4 is 11.3 Å². The molecule has 0 amide bonds. The molecular weight excluding hydrogens is 230 g/mol. The van der Waals surface area contributed by atoms with E-state index in [9.17, 15) is 0 Å². The molecule has 3 N–H and O–H groups in total. The molecule has 0 saturated heterocycles. The molecule has 1 unspecified atom stereocenters. The molecule has 0 saturated carbocycles. The highest BCUT2D eigenvalue weighted by molar-refractivity contribution is 5.78. The van der Waals surface area contributed by atoms with E-state index in [-0.39, 0.29) is 6.04 Å². The van der Waals surface area contributed by atoms with Crippen molar-refractivity contribution in [2.75, 3.05) is 14.2 Å². The molecule has 1 atom stereocenters. The van der Waals surface area contributed by atoms with Crippen LogP contribution >= 0.6 is 0 Å². The van der Waals surface area contributed by atoms with Gasteiger partial charge in [0.2, 0.25) is 0 Å². The largest absolute Gasteiger partial charge is 0.354 e. The molecule has 0 aliphatic rings. The van der Waals surface area contributed by atoms with Crippen LogP contribution in [0.25, 0.3) is 10.9 Å². The van der Waals surface area contributed by atoms with Crippen molar-refractivity contribution in [3.8, 4) is 0 Å². The van der Waals surface area contributed by atoms with Crippen molar-refractivity contribution in [1.29, 1.82) is 0 Å². The van der Waals surface area contributed by atoms with Gasteiger partial charge in [0.1, 0.15) is 0 Å². The van der Waals surface area contributed by atoms with Crippen molar-refractivity contribution in [1.82, 2.24) is 10.4 Å². The standard InChI is InChI=1S/C13H17N3O2/c1-17-13(18-2)12(16-14)10-7-9-5-3-4-6-11(9)15-8-10/h3-8,12-13,16H,14H2,1-2H3. The minimum atomic E-state index is -0.460. The van der Waals surface area contributed by atoms with Crippen molar-refractivity contribution in [3.63, 3.8) is 0 Å². The van der Waals surface area contributed by atoms with Crippen LogP contribution in [0.3, 0.4) is 0 Å². The number of nitrogens with two attached hydrogens (primary N) is 1. The number of methoxy groups -OCH3 is 2. The number of fused-ring (bicyclic) bond motifs is 1. The lowest BCUT2D eigenvalue weighted by Gasteiger charge is -2.24. The number of hydrogen-bond acceptors (Lipinski definition) is 5. The van der Waals surface area contributed by atoms with Crippen molar-refractivity contribution in [3.05, 3.63) is 42.1 Å². The monoisotopic (exact) mass is 247 g/mol. The Balaban J connectivity index is 2.39. The van der Waals surface area contributed by atoms with Gasteiger partial charge in [-0.25, -0.2) is 5.43 Å². The summed E-state index contributed by atoms with van der Waals surface area (Å²) in [5, 5.41) is 1.06. The Morgan fingerprint density at radius 2 is 1.94 bits per heavy atom. The second-order valence-electron chi connectivity index (χ2n) is 3.95. The Morgan fingerprint density at radius 3 is 2.61 bits per heavy atom. The first-order chi connectivity index (χ1) is 8.80. The number of benzene rings is 1. The highest BCUT2D eigenvalue weighted by Gasteiger charge is 2.22. The average molecular weight is 247 g/mol. The summed E-state index contributed by atoms with van der Waals surface area (Å²) in [4.78, 5) is 4.39. The molecule has 1 aromatic carbocycles. The van der Waals surface area contributed by atoms with Crippen molar-refractivity contribution in [2.24, 2.45) is 5.84 Å². The van der Waals surface area contributed by atoms with Crippen LogP contribution in [0.2, 0.25) is 0 Å². The first-order valence-electron chi connectivity index (χ1n) is 5.66. The van der Waals surface area contributed by atoms with Crippen LogP contribution in [0.4, 0.5) is 0 Å². The lowest BCUT2D eigenvalue weighted by atomic mass is 10.1. The van der Waals surface area contributed by atoms with Gasteiger partial charge in [-0.2, -0.15) is 0 Å². The molecular formula is C13H17N3O2. The summed E-state index contributed by atoms with van der Waals surface area (Å²) in [5.41, 5.74) is 4.56. The maximum absolute atomic E-state index is 5.56. The first kappa shape index (κ1) is 12.9. The Hall–Kier alpha value is -1.53. The SMILES string of the molecule is COC(OC)C(NN)c1cnc2ccccc2c1. The second kappa shape index (κ2) is 5.88. The second-order valence-corrected chi connectivity index (χ2v) is 3.95. The third kappa shape index (κ3) is 2.49. The highest BCUT2D eigenvalue weighted by atomic mass is 16.7. The molecule has 2 aromatic rings. The minimum absolute atomic E-state index is 0.267. The topological polar surface area (TPSA) is 69.4 Å². The van der Waals surface area contributed by atoms with Crippen LogP contribution in [-0.4, -0.2) is 25.5 Å². The van der Waals surface area contributed by atoms with Crippen LogP contribution in [0.5, 0.6) is 0 Å². The van der Waals surface area contributed by atoms with Gasteiger partial charge in [-0.1, -0.05) is 18.2 Å². The van der Waals surface area contributed by atoms with E-state index >= 15 is 0 Å². The number of hydrazine groups is 1. The highest BCUT2D eigenvalue weighted by Crippen LogP contribution is 2.21. The molecule has 0 radical (unpaired) electrons. The zero-order chi connectivity index (χ0) is 13.0. The normalized spacial score (nSPS) is 13.1. The van der Waals surface area contributed by atoms with E-state index in [0.29, 0.717) is 0 Å². The zero-order valence-electron chi connectivity index (χ0n) is 10.5. The Bertz CT molecular complexity index is 514. The predicted molar refractivity (Wildman–Crippen MR) is 69.6 cm³/mol. The fourth-order valence-corrected chi connectivity index (χ4v) is 1.96. The van der Waals surface area contributed by atoms with E-state index in [4.69, 9.17) is 15.3 Å². The van der Waals surface area contributed by atoms with Crippen LogP contribution in [0, 0.1) is 0 Å². The van der Waals surface area contributed by atoms with Gasteiger partial charge in [0.25, 0.3) is 0 Å². The molecule has 0 aliphatic heterocycles. The number of aromatic nitrogens is 1. The number of para-hydroxylation sites is 1. The van der Waals surface area contributed by atoms with Gasteiger partial charge >= 0.3 is 0 Å². The molecule has 5 heteroatoms. The summed E-state index contributed by atoms with van der Waals surface area (Å²) in [6.45, 7) is 0. The molecule has 0 fully saturated rings. The average Bonchev–Trinajstić information content (AvgIpc) is 2.44. The molecule has 0 spiro atoms. The fraction of sp³-hybridized carbons (Fsp3) is 0.308. The van der Waals surface area contributed by atoms with E-state index in [1.165, 1.54) is 0 Å². The Labute approximate surface area is 106 Å². The van der Waals surface area contributed by atoms with Gasteiger partial charge in [0, 0.05) is 25.8 Å². The van der Waals surface area contributed by atoms with Crippen LogP contribution in [-0.2, 0) is 9.47 Å². The fourth-order valence-electron chi connectivity index (χ4n) is 1.96. The van der Waals surface area contributed by atoms with Gasteiger partial charge < -0.3 is 9.47 Å². The maximum atomic E-state index is 5.56. The van der Waals surface area contributed by atoms with Gasteiger partial charge in [-0.15, -0.1) is 0 Å². The molecule has 18 heavy (non-hydrogen) atoms. The van der Waals surface area contributed by atoms with Crippen molar-refractivity contribution >= 4 is 10.9 Å². The molecule has 0 bridgehead atoms. The van der Waals surface area contributed by atoms with Gasteiger partial charge in [-0.3, -0.25) is 10.8 Å². The number of nitrogens with zero attached hydrogens (tertiary/aromatic N) is 1. The van der Waals surface area contributed by atoms with E-state index in [2.05, 4.69) is 10.4 Å². The molecule has 5 nitrogen and oxygen atoms in total. The third-order valence-corrected chi connectivity index (χ3v) is 2.89. The van der Waals surface area contributed by atoms with E-state index in [0.717, 1.165) is 16.5 Å².